The molecule has 0 spiro atoms. The maximum Gasteiger partial charge on any atom is 0.319 e. The number of urea groups is 1. The van der Waals surface area contributed by atoms with Gasteiger partial charge in [0.15, 0.2) is 0 Å². The molecule has 2 aliphatic carbocycles. The smallest absolute Gasteiger partial charge is 0.319 e. The quantitative estimate of drug-likeness (QED) is 0.234. The first kappa shape index (κ1) is 25.6. The number of fused-ring (bicyclic) bond motifs is 1. The summed E-state index contributed by atoms with van der Waals surface area (Å²) >= 11 is 3.72. The predicted octanol–water partition coefficient (Wildman–Crippen LogP) is 7.95. The summed E-state index contributed by atoms with van der Waals surface area (Å²) in [5.41, 5.74) is 10.4. The number of phenols is 1. The number of rotatable bonds is 8. The molecule has 2 aromatic rings. The zero-order valence-corrected chi connectivity index (χ0v) is 22.1. The van der Waals surface area contributed by atoms with Crippen molar-refractivity contribution in [3.8, 4) is 5.75 Å². The molecule has 2 amide bonds. The molecule has 36 heavy (non-hydrogen) atoms. The third-order valence-electron chi connectivity index (χ3n) is 6.45. The highest BCUT2D eigenvalue weighted by Crippen LogP contribution is 2.43. The zero-order valence-electron chi connectivity index (χ0n) is 20.5. The summed E-state index contributed by atoms with van der Waals surface area (Å²) in [4.78, 5) is 12.2. The van der Waals surface area contributed by atoms with E-state index in [0.717, 1.165) is 58.1 Å². The molecule has 0 aromatic heterocycles. The number of para-hydroxylation sites is 1. The molecule has 0 radical (unpaired) electrons. The van der Waals surface area contributed by atoms with E-state index in [4.69, 9.17) is 0 Å². The van der Waals surface area contributed by atoms with Crippen molar-refractivity contribution in [3.05, 3.63) is 117 Å². The number of amides is 2. The van der Waals surface area contributed by atoms with E-state index in [1.54, 1.807) is 6.07 Å². The first-order chi connectivity index (χ1) is 17.4. The number of phenolic OH excluding ortho intramolecular Hbond substituents is 1. The van der Waals surface area contributed by atoms with Gasteiger partial charge in [-0.15, -0.1) is 5.73 Å². The van der Waals surface area contributed by atoms with E-state index in [1.807, 2.05) is 55.5 Å². The van der Waals surface area contributed by atoms with Gasteiger partial charge in [-0.25, -0.2) is 4.79 Å². The number of aromatic hydroxyl groups is 1. The van der Waals surface area contributed by atoms with E-state index >= 15 is 0 Å². The zero-order chi connectivity index (χ0) is 25.5. The molecule has 1 unspecified atom stereocenters. The molecular weight excluding hydrogens is 512 g/mol. The van der Waals surface area contributed by atoms with Crippen LogP contribution in [-0.2, 0) is 0 Å². The fraction of sp³-hybridized carbons (Fsp3) is 0.226. The minimum atomic E-state index is -0.192. The number of unbranched alkanes of at least 4 members (excludes halogenated alkanes) is 1. The number of hydrogen-bond acceptors (Lipinski definition) is 2. The van der Waals surface area contributed by atoms with Crippen LogP contribution in [-0.4, -0.2) is 17.7 Å². The second kappa shape index (κ2) is 11.9. The van der Waals surface area contributed by atoms with Gasteiger partial charge in [-0.2, -0.15) is 0 Å². The van der Waals surface area contributed by atoms with Crippen molar-refractivity contribution in [1.29, 1.82) is 0 Å². The maximum absolute atomic E-state index is 12.2. The Morgan fingerprint density at radius 3 is 2.69 bits per heavy atom. The Morgan fingerprint density at radius 1 is 1.14 bits per heavy atom. The van der Waals surface area contributed by atoms with Crippen LogP contribution in [0.15, 0.2) is 106 Å². The van der Waals surface area contributed by atoms with Crippen molar-refractivity contribution >= 4 is 33.2 Å². The summed E-state index contributed by atoms with van der Waals surface area (Å²) in [6.45, 7) is 7.05. The van der Waals surface area contributed by atoms with Gasteiger partial charge in [0.2, 0.25) is 0 Å². The second-order valence-electron chi connectivity index (χ2n) is 9.13. The summed E-state index contributed by atoms with van der Waals surface area (Å²) in [6, 6.07) is 15.0. The van der Waals surface area contributed by atoms with Gasteiger partial charge in [-0.3, -0.25) is 0 Å². The fourth-order valence-corrected chi connectivity index (χ4v) is 5.00. The Hall–Kier alpha value is -3.53. The van der Waals surface area contributed by atoms with Crippen LogP contribution >= 0.6 is 15.9 Å². The van der Waals surface area contributed by atoms with Crippen LogP contribution in [0.4, 0.5) is 10.5 Å². The molecule has 0 saturated heterocycles. The highest BCUT2D eigenvalue weighted by molar-refractivity contribution is 9.11. The van der Waals surface area contributed by atoms with Gasteiger partial charge in [0, 0.05) is 28.2 Å². The van der Waals surface area contributed by atoms with Crippen molar-refractivity contribution in [2.75, 3.05) is 11.9 Å². The van der Waals surface area contributed by atoms with Crippen molar-refractivity contribution in [1.82, 2.24) is 5.32 Å². The lowest BCUT2D eigenvalue weighted by molar-refractivity contribution is 0.252. The van der Waals surface area contributed by atoms with Gasteiger partial charge >= 0.3 is 6.03 Å². The Labute approximate surface area is 221 Å². The van der Waals surface area contributed by atoms with Crippen LogP contribution in [0.3, 0.4) is 0 Å². The standard InChI is InChI=1S/C31H31BrN2O2/c1-21-14-16-24(17-15-21)34-31(36)33-18-8-7-9-22(2)27-19-23(25-10-4-6-13-30(25)35)20-28-26(27)11-3-5-12-29(28)32/h3-4,6,10,12-17,19-20,26,35H,2,7-9,11,18H2,1H3,(H2,33,34,36). The van der Waals surface area contributed by atoms with Gasteiger partial charge in [0.1, 0.15) is 5.75 Å². The maximum atomic E-state index is 12.2. The van der Waals surface area contributed by atoms with Gasteiger partial charge < -0.3 is 15.7 Å². The molecule has 3 N–H and O–H groups in total. The topological polar surface area (TPSA) is 61.4 Å². The third-order valence-corrected chi connectivity index (χ3v) is 7.14. The van der Waals surface area contributed by atoms with Gasteiger partial charge in [-0.1, -0.05) is 54.1 Å². The van der Waals surface area contributed by atoms with Crippen LogP contribution in [0.25, 0.3) is 5.57 Å². The number of allylic oxidation sites excluding steroid dienone is 8. The average molecular weight is 544 g/mol. The fourth-order valence-electron chi connectivity index (χ4n) is 4.48. The molecule has 0 aliphatic heterocycles. The van der Waals surface area contributed by atoms with Gasteiger partial charge in [-0.05, 0) is 102 Å². The number of benzene rings is 2. The van der Waals surface area contributed by atoms with Crippen molar-refractivity contribution < 1.29 is 9.90 Å². The molecule has 2 aromatic carbocycles. The predicted molar refractivity (Wildman–Crippen MR) is 152 cm³/mol. The summed E-state index contributed by atoms with van der Waals surface area (Å²) in [5, 5.41) is 16.3. The van der Waals surface area contributed by atoms with Crippen molar-refractivity contribution in [2.45, 2.75) is 32.6 Å². The van der Waals surface area contributed by atoms with Gasteiger partial charge in [0.25, 0.3) is 0 Å². The minimum absolute atomic E-state index is 0.186. The van der Waals surface area contributed by atoms with Gasteiger partial charge in [0.05, 0.1) is 0 Å². The Balaban J connectivity index is 1.38. The molecular formula is C31H31BrN2O2. The van der Waals surface area contributed by atoms with Crippen LogP contribution in [0.1, 0.15) is 36.8 Å². The molecule has 1 atom stereocenters. The number of carbonyl (C=O) groups excluding carboxylic acids is 1. The summed E-state index contributed by atoms with van der Waals surface area (Å²) < 4.78 is 0.997. The average Bonchev–Trinajstić information content (AvgIpc) is 3.06. The van der Waals surface area contributed by atoms with Crippen LogP contribution < -0.4 is 10.6 Å². The first-order valence-electron chi connectivity index (χ1n) is 12.2. The van der Waals surface area contributed by atoms with E-state index in [1.165, 1.54) is 11.1 Å². The number of carbonyl (C=O) groups is 1. The summed E-state index contributed by atoms with van der Waals surface area (Å²) in [5.74, 6) is 0.448. The molecule has 0 heterocycles. The van der Waals surface area contributed by atoms with E-state index in [2.05, 4.69) is 57.1 Å². The third kappa shape index (κ3) is 6.37. The lowest BCUT2D eigenvalue weighted by atomic mass is 9.77. The minimum Gasteiger partial charge on any atom is -0.507 e. The Bertz CT molecular complexity index is 1310. The van der Waals surface area contributed by atoms with E-state index in [-0.39, 0.29) is 17.7 Å². The number of hydrogen-bond donors (Lipinski definition) is 3. The van der Waals surface area contributed by atoms with E-state index in [9.17, 15) is 9.90 Å². The highest BCUT2D eigenvalue weighted by atomic mass is 79.9. The lowest BCUT2D eigenvalue weighted by Gasteiger charge is -2.28. The number of anilines is 1. The molecule has 0 saturated carbocycles. The first-order valence-corrected chi connectivity index (χ1v) is 13.0. The molecule has 4 nitrogen and oxygen atoms in total. The second-order valence-corrected chi connectivity index (χ2v) is 9.99. The van der Waals surface area contributed by atoms with E-state index in [0.29, 0.717) is 6.54 Å². The molecule has 0 fully saturated rings. The molecule has 2 aliphatic rings. The molecule has 5 heteroatoms. The normalized spacial score (nSPS) is 16.6. The Kier molecular flexibility index (Phi) is 8.48. The van der Waals surface area contributed by atoms with Crippen LogP contribution in [0.2, 0.25) is 0 Å². The number of nitrogens with one attached hydrogen (secondary N) is 2. The lowest BCUT2D eigenvalue weighted by Crippen LogP contribution is -2.29. The molecule has 0 bridgehead atoms. The summed E-state index contributed by atoms with van der Waals surface area (Å²) in [6.07, 6.45) is 11.8. The SMILES string of the molecule is C=C(CCCCNC(=O)Nc1ccc(C)cc1)C1=CC(c2ccccc2O)=CC2=C(Br)C=C=CCC12. The summed E-state index contributed by atoms with van der Waals surface area (Å²) in [7, 11) is 0. The van der Waals surface area contributed by atoms with Crippen molar-refractivity contribution in [2.24, 2.45) is 5.92 Å². The number of aryl methyl sites for hydroxylation is 1. The molecule has 4 rings (SSSR count). The monoisotopic (exact) mass is 542 g/mol. The van der Waals surface area contributed by atoms with Crippen LogP contribution in [0.5, 0.6) is 5.75 Å². The van der Waals surface area contributed by atoms with E-state index < -0.39 is 0 Å². The largest absolute Gasteiger partial charge is 0.507 e. The Morgan fingerprint density at radius 2 is 1.92 bits per heavy atom. The van der Waals surface area contributed by atoms with Crippen molar-refractivity contribution in [3.63, 3.8) is 0 Å². The highest BCUT2D eigenvalue weighted by Gasteiger charge is 2.26. The van der Waals surface area contributed by atoms with Crippen LogP contribution in [0, 0.1) is 12.8 Å². The molecule has 184 valence electrons. The number of halogens is 1.